The van der Waals surface area contributed by atoms with Crippen LogP contribution in [0.4, 0.5) is 0 Å². The summed E-state index contributed by atoms with van der Waals surface area (Å²) in [6, 6.07) is 9.59. The zero-order valence-corrected chi connectivity index (χ0v) is 21.2. The highest BCUT2D eigenvalue weighted by molar-refractivity contribution is 14.0. The number of likely N-dealkylation sites (N-methyl/N-ethyl adjacent to an activating group) is 1. The number of benzene rings is 1. The minimum absolute atomic E-state index is 0. The summed E-state index contributed by atoms with van der Waals surface area (Å²) in [4.78, 5) is 9.64. The highest BCUT2D eigenvalue weighted by atomic mass is 127. The van der Waals surface area contributed by atoms with E-state index in [1.54, 1.807) is 0 Å². The number of likely N-dealkylation sites (tertiary alicyclic amines) is 1. The van der Waals surface area contributed by atoms with E-state index in [9.17, 15) is 0 Å². The summed E-state index contributed by atoms with van der Waals surface area (Å²) in [5.41, 5.74) is 1.17. The first-order chi connectivity index (χ1) is 14.1. The molecular formula is C23H40IN5O. The van der Waals surface area contributed by atoms with Crippen molar-refractivity contribution >= 4 is 29.9 Å². The Hall–Kier alpha value is -1.06. The number of nitrogens with zero attached hydrogens (tertiary/aromatic N) is 3. The number of hydrogen-bond donors (Lipinski definition) is 2. The van der Waals surface area contributed by atoms with Crippen LogP contribution in [0.1, 0.15) is 44.6 Å². The van der Waals surface area contributed by atoms with Crippen molar-refractivity contribution < 1.29 is 4.74 Å². The summed E-state index contributed by atoms with van der Waals surface area (Å²) in [5.74, 6) is 1.84. The molecule has 1 saturated heterocycles. The summed E-state index contributed by atoms with van der Waals surface area (Å²) in [7, 11) is 4.11. The van der Waals surface area contributed by atoms with Gasteiger partial charge in [-0.05, 0) is 58.0 Å². The van der Waals surface area contributed by atoms with Crippen LogP contribution in [0.25, 0.3) is 0 Å². The molecule has 30 heavy (non-hydrogen) atoms. The third kappa shape index (κ3) is 8.23. The average Bonchev–Trinajstić information content (AvgIpc) is 3.38. The molecule has 2 N–H and O–H groups in total. The lowest BCUT2D eigenvalue weighted by atomic mass is 10.2. The van der Waals surface area contributed by atoms with Gasteiger partial charge in [0.2, 0.25) is 0 Å². The largest absolute Gasteiger partial charge is 0.492 e. The first-order valence-corrected chi connectivity index (χ1v) is 11.3. The SMILES string of the molecule is CCNC(=NCc1cccc(OCCN(C)C)c1)NC1CCN(C2CCCC2)C1.I. The number of guanidine groups is 1. The standard InChI is InChI=1S/C23H39N5O.HI/c1-4-24-23(26-20-12-13-28(18-20)21-9-5-6-10-21)25-17-19-8-7-11-22(16-19)29-15-14-27(2)3;/h7-8,11,16,20-21H,4-6,9-10,12-15,17-18H2,1-3H3,(H2,24,25,26);1H. The number of halogens is 1. The molecule has 1 aliphatic carbocycles. The Morgan fingerprint density at radius 3 is 2.77 bits per heavy atom. The van der Waals surface area contributed by atoms with Crippen molar-refractivity contribution in [3.63, 3.8) is 0 Å². The fourth-order valence-electron chi connectivity index (χ4n) is 4.27. The molecule has 0 bridgehead atoms. The molecule has 170 valence electrons. The van der Waals surface area contributed by atoms with Crippen LogP contribution < -0.4 is 15.4 Å². The van der Waals surface area contributed by atoms with Crippen LogP contribution in [0.5, 0.6) is 5.75 Å². The zero-order chi connectivity index (χ0) is 20.5. The monoisotopic (exact) mass is 529 g/mol. The van der Waals surface area contributed by atoms with E-state index >= 15 is 0 Å². The fraction of sp³-hybridized carbons (Fsp3) is 0.696. The molecule has 0 radical (unpaired) electrons. The zero-order valence-electron chi connectivity index (χ0n) is 18.9. The predicted octanol–water partition coefficient (Wildman–Crippen LogP) is 3.32. The van der Waals surface area contributed by atoms with Crippen LogP contribution in [0, 0.1) is 0 Å². The number of nitrogens with one attached hydrogen (secondary N) is 2. The molecule has 1 unspecified atom stereocenters. The van der Waals surface area contributed by atoms with E-state index in [0.29, 0.717) is 19.2 Å². The maximum absolute atomic E-state index is 5.85. The normalized spacial score (nSPS) is 20.4. The van der Waals surface area contributed by atoms with Crippen LogP contribution in [0.3, 0.4) is 0 Å². The van der Waals surface area contributed by atoms with Gasteiger partial charge in [-0.15, -0.1) is 24.0 Å². The van der Waals surface area contributed by atoms with E-state index < -0.39 is 0 Å². The fourth-order valence-corrected chi connectivity index (χ4v) is 4.27. The Morgan fingerprint density at radius 2 is 2.03 bits per heavy atom. The Kier molecular flexibility index (Phi) is 11.2. The lowest BCUT2D eigenvalue weighted by Gasteiger charge is -2.24. The summed E-state index contributed by atoms with van der Waals surface area (Å²) in [6.07, 6.45) is 6.78. The Labute approximate surface area is 199 Å². The molecule has 1 aliphatic heterocycles. The minimum atomic E-state index is 0. The molecule has 1 aromatic carbocycles. The number of hydrogen-bond acceptors (Lipinski definition) is 4. The van der Waals surface area contributed by atoms with E-state index in [1.165, 1.54) is 44.2 Å². The van der Waals surface area contributed by atoms with E-state index in [-0.39, 0.29) is 24.0 Å². The molecule has 2 aliphatic rings. The van der Waals surface area contributed by atoms with Gasteiger partial charge in [-0.25, -0.2) is 4.99 Å². The molecule has 3 rings (SSSR count). The van der Waals surface area contributed by atoms with Crippen molar-refractivity contribution in [2.75, 3.05) is 46.9 Å². The van der Waals surface area contributed by atoms with Crippen molar-refractivity contribution in [2.45, 2.75) is 57.7 Å². The summed E-state index contributed by atoms with van der Waals surface area (Å²) in [6.45, 7) is 7.62. The first-order valence-electron chi connectivity index (χ1n) is 11.3. The van der Waals surface area contributed by atoms with Crippen molar-refractivity contribution in [3.05, 3.63) is 29.8 Å². The molecule has 0 aromatic heterocycles. The average molecular weight is 530 g/mol. The highest BCUT2D eigenvalue weighted by Crippen LogP contribution is 2.26. The Morgan fingerprint density at radius 1 is 1.23 bits per heavy atom. The molecule has 0 spiro atoms. The van der Waals surface area contributed by atoms with Gasteiger partial charge in [0.1, 0.15) is 12.4 Å². The van der Waals surface area contributed by atoms with Crippen molar-refractivity contribution in [2.24, 2.45) is 4.99 Å². The molecule has 0 amide bonds. The second-order valence-corrected chi connectivity index (χ2v) is 8.56. The maximum Gasteiger partial charge on any atom is 0.191 e. The van der Waals surface area contributed by atoms with Gasteiger partial charge in [-0.1, -0.05) is 25.0 Å². The number of aliphatic imine (C=N–C) groups is 1. The van der Waals surface area contributed by atoms with E-state index in [4.69, 9.17) is 9.73 Å². The maximum atomic E-state index is 5.85. The molecule has 2 fully saturated rings. The summed E-state index contributed by atoms with van der Waals surface area (Å²) >= 11 is 0. The summed E-state index contributed by atoms with van der Waals surface area (Å²) in [5, 5.41) is 7.07. The first kappa shape index (κ1) is 25.2. The second-order valence-electron chi connectivity index (χ2n) is 8.56. The van der Waals surface area contributed by atoms with E-state index in [2.05, 4.69) is 53.6 Å². The van der Waals surface area contributed by atoms with Gasteiger partial charge in [-0.3, -0.25) is 4.90 Å². The third-order valence-electron chi connectivity index (χ3n) is 5.87. The van der Waals surface area contributed by atoms with Gasteiger partial charge in [0, 0.05) is 38.3 Å². The molecule has 1 atom stereocenters. The lowest BCUT2D eigenvalue weighted by Crippen LogP contribution is -2.45. The number of ether oxygens (including phenoxy) is 1. The third-order valence-corrected chi connectivity index (χ3v) is 5.87. The van der Waals surface area contributed by atoms with Crippen molar-refractivity contribution in [3.8, 4) is 5.75 Å². The van der Waals surface area contributed by atoms with E-state index in [0.717, 1.165) is 37.4 Å². The van der Waals surface area contributed by atoms with Gasteiger partial charge < -0.3 is 20.3 Å². The summed E-state index contributed by atoms with van der Waals surface area (Å²) < 4.78 is 5.85. The minimum Gasteiger partial charge on any atom is -0.492 e. The van der Waals surface area contributed by atoms with Crippen molar-refractivity contribution in [1.29, 1.82) is 0 Å². The van der Waals surface area contributed by atoms with Crippen molar-refractivity contribution in [1.82, 2.24) is 20.4 Å². The highest BCUT2D eigenvalue weighted by Gasteiger charge is 2.30. The quantitative estimate of drug-likeness (QED) is 0.292. The van der Waals surface area contributed by atoms with Gasteiger partial charge in [0.15, 0.2) is 5.96 Å². The topological polar surface area (TPSA) is 52.1 Å². The molecule has 1 saturated carbocycles. The number of rotatable bonds is 9. The van der Waals surface area contributed by atoms with E-state index in [1.807, 2.05) is 12.1 Å². The smallest absolute Gasteiger partial charge is 0.191 e. The van der Waals surface area contributed by atoms with Crippen LogP contribution >= 0.6 is 24.0 Å². The predicted molar refractivity (Wildman–Crippen MR) is 136 cm³/mol. The Bertz CT molecular complexity index is 648. The van der Waals surface area contributed by atoms with Crippen LogP contribution in [0.15, 0.2) is 29.3 Å². The van der Waals surface area contributed by atoms with Crippen LogP contribution in [-0.2, 0) is 6.54 Å². The van der Waals surface area contributed by atoms with Gasteiger partial charge in [0.05, 0.1) is 6.54 Å². The molecule has 6 nitrogen and oxygen atoms in total. The van der Waals surface area contributed by atoms with Gasteiger partial charge in [-0.2, -0.15) is 0 Å². The van der Waals surface area contributed by atoms with Gasteiger partial charge >= 0.3 is 0 Å². The lowest BCUT2D eigenvalue weighted by molar-refractivity contribution is 0.242. The molecule has 1 aromatic rings. The molecular weight excluding hydrogens is 489 g/mol. The Balaban J connectivity index is 0.00000320. The van der Waals surface area contributed by atoms with Gasteiger partial charge in [0.25, 0.3) is 0 Å². The molecule has 1 heterocycles. The van der Waals surface area contributed by atoms with Crippen LogP contribution in [-0.4, -0.2) is 74.7 Å². The molecule has 7 heteroatoms. The second kappa shape index (κ2) is 13.4. The van der Waals surface area contributed by atoms with Crippen LogP contribution in [0.2, 0.25) is 0 Å².